The molecular formula is C15H24ClF3N4O2. The van der Waals surface area contributed by atoms with Crippen molar-refractivity contribution in [3.63, 3.8) is 0 Å². The van der Waals surface area contributed by atoms with E-state index in [1.54, 1.807) is 0 Å². The Balaban J connectivity index is 0.00000312. The first kappa shape index (κ1) is 21.7. The van der Waals surface area contributed by atoms with Crippen molar-refractivity contribution < 1.29 is 23.1 Å². The molecule has 25 heavy (non-hydrogen) atoms. The van der Waals surface area contributed by atoms with Gasteiger partial charge in [0.2, 0.25) is 0 Å². The predicted octanol–water partition coefficient (Wildman–Crippen LogP) is 2.23. The third-order valence-electron chi connectivity index (χ3n) is 4.50. The first-order valence-electron chi connectivity index (χ1n) is 7.98. The van der Waals surface area contributed by atoms with Gasteiger partial charge < -0.3 is 5.11 Å². The van der Waals surface area contributed by atoms with E-state index in [0.717, 1.165) is 17.5 Å². The number of hydrogen-bond acceptors (Lipinski definition) is 4. The van der Waals surface area contributed by atoms with Crippen molar-refractivity contribution in [3.8, 4) is 0 Å². The topological polar surface area (TPSA) is 61.6 Å². The van der Waals surface area contributed by atoms with E-state index in [2.05, 4.69) is 5.10 Å². The molecule has 1 saturated heterocycles. The lowest BCUT2D eigenvalue weighted by molar-refractivity contribution is -0.144. The van der Waals surface area contributed by atoms with Crippen LogP contribution in [0, 0.1) is 0 Å². The van der Waals surface area contributed by atoms with E-state index >= 15 is 0 Å². The molecule has 6 nitrogen and oxygen atoms in total. The molecule has 2 heterocycles. The maximum atomic E-state index is 13.1. The largest absolute Gasteiger partial charge is 0.480 e. The van der Waals surface area contributed by atoms with Gasteiger partial charge in [-0.2, -0.15) is 18.3 Å². The molecule has 1 aromatic rings. The summed E-state index contributed by atoms with van der Waals surface area (Å²) in [4.78, 5) is 14.8. The van der Waals surface area contributed by atoms with Crippen LogP contribution in [0.5, 0.6) is 0 Å². The van der Waals surface area contributed by atoms with Gasteiger partial charge in [0, 0.05) is 25.2 Å². The lowest BCUT2D eigenvalue weighted by Gasteiger charge is -2.37. The Hall–Kier alpha value is -1.32. The number of carboxylic acid groups (broad SMARTS) is 1. The average Bonchev–Trinajstić information content (AvgIpc) is 2.86. The Morgan fingerprint density at radius 1 is 1.40 bits per heavy atom. The molecule has 0 spiro atoms. The average molecular weight is 385 g/mol. The Bertz CT molecular complexity index is 572. The number of rotatable bonds is 6. The minimum atomic E-state index is -4.42. The Morgan fingerprint density at radius 2 is 2.00 bits per heavy atom. The summed E-state index contributed by atoms with van der Waals surface area (Å²) in [5.74, 6) is -0.857. The summed E-state index contributed by atoms with van der Waals surface area (Å²) in [6.07, 6.45) is -1.64. The first-order chi connectivity index (χ1) is 11.2. The van der Waals surface area contributed by atoms with Crippen molar-refractivity contribution in [1.82, 2.24) is 19.6 Å². The number of likely N-dealkylation sites (N-methyl/N-ethyl adjacent to an activating group) is 1. The van der Waals surface area contributed by atoms with Crippen LogP contribution in [0.1, 0.15) is 31.0 Å². The van der Waals surface area contributed by atoms with Gasteiger partial charge in [-0.1, -0.05) is 6.92 Å². The highest BCUT2D eigenvalue weighted by molar-refractivity contribution is 5.85. The second kappa shape index (κ2) is 8.86. The maximum absolute atomic E-state index is 13.1. The van der Waals surface area contributed by atoms with Gasteiger partial charge in [0.1, 0.15) is 5.69 Å². The van der Waals surface area contributed by atoms with E-state index in [9.17, 15) is 18.0 Å². The molecule has 0 amide bonds. The molecule has 1 N–H and O–H groups in total. The number of likely N-dealkylation sites (tertiary alicyclic amines) is 1. The fourth-order valence-corrected chi connectivity index (χ4v) is 3.32. The SMILES string of the molecule is CCN(CC(=O)O)C1CCN(Cc2cnn(C)c2C(F)(F)F)CC1.Cl. The summed E-state index contributed by atoms with van der Waals surface area (Å²) in [7, 11) is 1.30. The number of halogens is 4. The van der Waals surface area contributed by atoms with Crippen molar-refractivity contribution in [2.24, 2.45) is 7.05 Å². The van der Waals surface area contributed by atoms with Crippen molar-refractivity contribution in [2.45, 2.75) is 38.5 Å². The molecule has 0 saturated carbocycles. The molecule has 0 aliphatic carbocycles. The molecular weight excluding hydrogens is 361 g/mol. The van der Waals surface area contributed by atoms with Crippen LogP contribution < -0.4 is 0 Å². The van der Waals surface area contributed by atoms with Crippen molar-refractivity contribution in [3.05, 3.63) is 17.5 Å². The van der Waals surface area contributed by atoms with E-state index in [-0.39, 0.29) is 37.1 Å². The van der Waals surface area contributed by atoms with Crippen LogP contribution in [0.25, 0.3) is 0 Å². The summed E-state index contributed by atoms with van der Waals surface area (Å²) in [6, 6.07) is 0.165. The number of alkyl halides is 3. The number of carboxylic acids is 1. The smallest absolute Gasteiger partial charge is 0.433 e. The fraction of sp³-hybridized carbons (Fsp3) is 0.733. The van der Waals surface area contributed by atoms with Gasteiger partial charge in [-0.3, -0.25) is 19.3 Å². The number of piperidine rings is 1. The van der Waals surface area contributed by atoms with Gasteiger partial charge in [-0.15, -0.1) is 12.4 Å². The Kier molecular flexibility index (Phi) is 7.70. The summed E-state index contributed by atoms with van der Waals surface area (Å²) in [6.45, 7) is 4.07. The van der Waals surface area contributed by atoms with Gasteiger partial charge >= 0.3 is 12.1 Å². The third kappa shape index (κ3) is 5.58. The summed E-state index contributed by atoms with van der Waals surface area (Å²) in [5.41, 5.74) is -0.521. The number of nitrogens with zero attached hydrogens (tertiary/aromatic N) is 4. The molecule has 144 valence electrons. The zero-order valence-electron chi connectivity index (χ0n) is 14.3. The first-order valence-corrected chi connectivity index (χ1v) is 7.98. The molecule has 1 fully saturated rings. The van der Waals surface area contributed by atoms with Gasteiger partial charge in [-0.05, 0) is 32.5 Å². The van der Waals surface area contributed by atoms with Crippen molar-refractivity contribution in [1.29, 1.82) is 0 Å². The number of hydrogen-bond donors (Lipinski definition) is 1. The van der Waals surface area contributed by atoms with Crippen LogP contribution >= 0.6 is 12.4 Å². The van der Waals surface area contributed by atoms with E-state index in [1.165, 1.54) is 13.2 Å². The number of carbonyl (C=O) groups is 1. The maximum Gasteiger partial charge on any atom is 0.433 e. The lowest BCUT2D eigenvalue weighted by Crippen LogP contribution is -2.46. The highest BCUT2D eigenvalue weighted by Crippen LogP contribution is 2.32. The minimum absolute atomic E-state index is 0. The van der Waals surface area contributed by atoms with Crippen LogP contribution in [0.15, 0.2) is 6.20 Å². The highest BCUT2D eigenvalue weighted by atomic mass is 35.5. The molecule has 1 aliphatic rings. The molecule has 1 aliphatic heterocycles. The van der Waals surface area contributed by atoms with Crippen LogP contribution in [-0.2, 0) is 24.6 Å². The van der Waals surface area contributed by atoms with Gasteiger partial charge in [0.05, 0.1) is 12.7 Å². The second-order valence-corrected chi connectivity index (χ2v) is 6.10. The van der Waals surface area contributed by atoms with E-state index < -0.39 is 17.8 Å². The third-order valence-corrected chi connectivity index (χ3v) is 4.50. The molecule has 0 unspecified atom stereocenters. The Labute approximate surface area is 151 Å². The summed E-state index contributed by atoms with van der Waals surface area (Å²) in [5, 5.41) is 12.7. The fourth-order valence-electron chi connectivity index (χ4n) is 3.32. The normalized spacial score (nSPS) is 16.9. The van der Waals surface area contributed by atoms with Crippen LogP contribution in [0.4, 0.5) is 13.2 Å². The van der Waals surface area contributed by atoms with E-state index in [4.69, 9.17) is 5.11 Å². The summed E-state index contributed by atoms with van der Waals surface area (Å²) >= 11 is 0. The van der Waals surface area contributed by atoms with E-state index in [1.807, 2.05) is 16.7 Å². The molecule has 0 atom stereocenters. The highest BCUT2D eigenvalue weighted by Gasteiger charge is 2.38. The monoisotopic (exact) mass is 384 g/mol. The number of aliphatic carboxylic acids is 1. The zero-order valence-corrected chi connectivity index (χ0v) is 15.1. The van der Waals surface area contributed by atoms with Crippen LogP contribution in [-0.4, -0.2) is 62.9 Å². The quantitative estimate of drug-likeness (QED) is 0.815. The summed E-state index contributed by atoms with van der Waals surface area (Å²) < 4.78 is 40.1. The standard InChI is InChI=1S/C15H23F3N4O2.ClH/c1-3-22(10-13(23)24)12-4-6-21(7-5-12)9-11-8-19-20(2)14(11)15(16,17)18;/h8,12H,3-7,9-10H2,1-2H3,(H,23,24);1H. The minimum Gasteiger partial charge on any atom is -0.480 e. The van der Waals surface area contributed by atoms with E-state index in [0.29, 0.717) is 19.6 Å². The van der Waals surface area contributed by atoms with Crippen LogP contribution in [0.3, 0.4) is 0 Å². The zero-order chi connectivity index (χ0) is 17.9. The second-order valence-electron chi connectivity index (χ2n) is 6.10. The Morgan fingerprint density at radius 3 is 2.48 bits per heavy atom. The van der Waals surface area contributed by atoms with Gasteiger partial charge in [-0.25, -0.2) is 0 Å². The van der Waals surface area contributed by atoms with Crippen molar-refractivity contribution in [2.75, 3.05) is 26.2 Å². The molecule has 0 aromatic carbocycles. The molecule has 0 radical (unpaired) electrons. The number of aryl methyl sites for hydroxylation is 1. The molecule has 2 rings (SSSR count). The van der Waals surface area contributed by atoms with Crippen LogP contribution in [0.2, 0.25) is 0 Å². The molecule has 10 heteroatoms. The molecule has 0 bridgehead atoms. The molecule has 1 aromatic heterocycles. The van der Waals surface area contributed by atoms with Gasteiger partial charge in [0.15, 0.2) is 0 Å². The number of aromatic nitrogens is 2. The van der Waals surface area contributed by atoms with Gasteiger partial charge in [0.25, 0.3) is 0 Å². The lowest BCUT2D eigenvalue weighted by atomic mass is 10.0. The predicted molar refractivity (Wildman–Crippen MR) is 88.6 cm³/mol. The van der Waals surface area contributed by atoms with Crippen molar-refractivity contribution >= 4 is 18.4 Å².